The molecular weight excluding hydrogens is 234 g/mol. The van der Waals surface area contributed by atoms with E-state index in [4.69, 9.17) is 9.47 Å². The molecule has 0 aliphatic carbocycles. The lowest BCUT2D eigenvalue weighted by molar-refractivity contribution is -0.141. The summed E-state index contributed by atoms with van der Waals surface area (Å²) in [5, 5.41) is 0. The van der Waals surface area contributed by atoms with Gasteiger partial charge in [0.25, 0.3) is 0 Å². The van der Waals surface area contributed by atoms with Crippen molar-refractivity contribution in [2.45, 2.75) is 37.3 Å². The molecule has 2 unspecified atom stereocenters. The van der Waals surface area contributed by atoms with E-state index in [2.05, 4.69) is 16.7 Å². The van der Waals surface area contributed by atoms with Gasteiger partial charge in [-0.1, -0.05) is 0 Å². The lowest BCUT2D eigenvalue weighted by Gasteiger charge is -2.40. The average molecular weight is 257 g/mol. The first-order chi connectivity index (χ1) is 8.65. The molecule has 1 spiro atoms. The number of hydrogen-bond acceptors (Lipinski definition) is 5. The minimum atomic E-state index is -0.146. The topological polar surface area (TPSA) is 48.0 Å². The molecule has 2 aliphatic heterocycles. The number of hydrogen-bond donors (Lipinski definition) is 0. The van der Waals surface area contributed by atoms with Gasteiger partial charge in [0.05, 0.1) is 25.7 Å². The summed E-state index contributed by atoms with van der Waals surface area (Å²) in [5.74, 6) is -0.146. The maximum Gasteiger partial charge on any atom is 0.306 e. The third kappa shape index (κ3) is 3.22. The molecule has 0 amide bonds. The van der Waals surface area contributed by atoms with E-state index in [1.807, 2.05) is 0 Å². The second kappa shape index (κ2) is 5.99. The zero-order valence-corrected chi connectivity index (χ0v) is 11.3. The van der Waals surface area contributed by atoms with Crippen molar-refractivity contribution >= 4 is 5.97 Å². The molecular formula is C13H23NO4. The van der Waals surface area contributed by atoms with E-state index in [1.165, 1.54) is 7.11 Å². The van der Waals surface area contributed by atoms with Crippen molar-refractivity contribution in [3.05, 3.63) is 0 Å². The number of nitrogens with zero attached hydrogens (tertiary/aromatic N) is 1. The summed E-state index contributed by atoms with van der Waals surface area (Å²) in [5.41, 5.74) is -0.0670. The van der Waals surface area contributed by atoms with Crippen molar-refractivity contribution in [1.29, 1.82) is 0 Å². The van der Waals surface area contributed by atoms with Gasteiger partial charge in [-0.25, -0.2) is 0 Å². The second-order valence-electron chi connectivity index (χ2n) is 5.29. The highest BCUT2D eigenvalue weighted by molar-refractivity contribution is 5.69. The number of carbonyl (C=O) groups excluding carboxylic acids is 1. The first kappa shape index (κ1) is 13.8. The minimum absolute atomic E-state index is 0.0670. The smallest absolute Gasteiger partial charge is 0.306 e. The van der Waals surface area contributed by atoms with E-state index in [-0.39, 0.29) is 11.6 Å². The average Bonchev–Trinajstić information content (AvgIpc) is 2.83. The van der Waals surface area contributed by atoms with E-state index in [1.54, 1.807) is 0 Å². The third-order valence-corrected chi connectivity index (χ3v) is 4.05. The summed E-state index contributed by atoms with van der Waals surface area (Å²) in [6, 6.07) is 0.477. The molecule has 0 N–H and O–H groups in total. The standard InChI is InChI=1S/C13H23NO4/c1-14(6-3-12(15)16-2)11-4-7-18-13(9-11)5-8-17-10-13/h11H,3-10H2,1-2H3. The largest absolute Gasteiger partial charge is 0.469 e. The predicted octanol–water partition coefficient (Wildman–Crippen LogP) is 0.819. The van der Waals surface area contributed by atoms with Gasteiger partial charge in [-0.2, -0.15) is 0 Å². The number of carbonyl (C=O) groups is 1. The van der Waals surface area contributed by atoms with Crippen LogP contribution in [0.5, 0.6) is 0 Å². The van der Waals surface area contributed by atoms with Gasteiger partial charge in [0, 0.05) is 32.2 Å². The molecule has 0 saturated carbocycles. The second-order valence-corrected chi connectivity index (χ2v) is 5.29. The van der Waals surface area contributed by atoms with Crippen molar-refractivity contribution in [3.8, 4) is 0 Å². The van der Waals surface area contributed by atoms with Crippen LogP contribution >= 0.6 is 0 Å². The van der Waals surface area contributed by atoms with Crippen LogP contribution in [0.15, 0.2) is 0 Å². The molecule has 0 bridgehead atoms. The minimum Gasteiger partial charge on any atom is -0.469 e. The Morgan fingerprint density at radius 1 is 1.50 bits per heavy atom. The fraction of sp³-hybridized carbons (Fsp3) is 0.923. The van der Waals surface area contributed by atoms with E-state index in [0.717, 1.165) is 39.0 Å². The van der Waals surface area contributed by atoms with Crippen molar-refractivity contribution in [2.75, 3.05) is 40.5 Å². The first-order valence-corrected chi connectivity index (χ1v) is 6.64. The maximum absolute atomic E-state index is 11.2. The van der Waals surface area contributed by atoms with Crippen LogP contribution in [0.25, 0.3) is 0 Å². The summed E-state index contributed by atoms with van der Waals surface area (Å²) in [7, 11) is 3.50. The van der Waals surface area contributed by atoms with Gasteiger partial charge in [0.2, 0.25) is 0 Å². The molecule has 0 aromatic heterocycles. The molecule has 0 aromatic rings. The van der Waals surface area contributed by atoms with Crippen molar-refractivity contribution < 1.29 is 19.0 Å². The molecule has 2 aliphatic rings. The normalized spacial score (nSPS) is 32.1. The Labute approximate surface area is 108 Å². The van der Waals surface area contributed by atoms with Crippen LogP contribution < -0.4 is 0 Å². The summed E-state index contributed by atoms with van der Waals surface area (Å²) in [6.45, 7) is 3.05. The van der Waals surface area contributed by atoms with E-state index in [9.17, 15) is 4.79 Å². The number of methoxy groups -OCH3 is 1. The molecule has 2 fully saturated rings. The molecule has 0 radical (unpaired) electrons. The molecule has 5 heteroatoms. The van der Waals surface area contributed by atoms with Crippen LogP contribution in [-0.4, -0.2) is 63.0 Å². The Hall–Kier alpha value is -0.650. The van der Waals surface area contributed by atoms with Gasteiger partial charge < -0.3 is 19.1 Å². The zero-order chi connectivity index (χ0) is 13.0. The third-order valence-electron chi connectivity index (χ3n) is 4.05. The molecule has 2 rings (SSSR count). The number of esters is 1. The van der Waals surface area contributed by atoms with Crippen LogP contribution in [0, 0.1) is 0 Å². The Kier molecular flexibility index (Phi) is 4.59. The fourth-order valence-electron chi connectivity index (χ4n) is 2.79. The number of ether oxygens (including phenoxy) is 3. The molecule has 2 saturated heterocycles. The summed E-state index contributed by atoms with van der Waals surface area (Å²) in [4.78, 5) is 13.4. The highest BCUT2D eigenvalue weighted by Gasteiger charge is 2.41. The van der Waals surface area contributed by atoms with Crippen LogP contribution in [0.2, 0.25) is 0 Å². The first-order valence-electron chi connectivity index (χ1n) is 6.64. The lowest BCUT2D eigenvalue weighted by atomic mass is 9.89. The van der Waals surface area contributed by atoms with Gasteiger partial charge in [-0.3, -0.25) is 4.79 Å². The summed E-state index contributed by atoms with van der Waals surface area (Å²) < 4.78 is 16.0. The van der Waals surface area contributed by atoms with Crippen LogP contribution in [0.1, 0.15) is 25.7 Å². The highest BCUT2D eigenvalue weighted by Crippen LogP contribution is 2.34. The van der Waals surface area contributed by atoms with Gasteiger partial charge >= 0.3 is 5.97 Å². The highest BCUT2D eigenvalue weighted by atomic mass is 16.6. The van der Waals surface area contributed by atoms with E-state index < -0.39 is 0 Å². The van der Waals surface area contributed by atoms with Gasteiger partial charge in [0.15, 0.2) is 0 Å². The van der Waals surface area contributed by atoms with Crippen molar-refractivity contribution in [3.63, 3.8) is 0 Å². The molecule has 2 heterocycles. The Morgan fingerprint density at radius 2 is 2.33 bits per heavy atom. The Balaban J connectivity index is 1.82. The van der Waals surface area contributed by atoms with Crippen molar-refractivity contribution in [1.82, 2.24) is 4.90 Å². The van der Waals surface area contributed by atoms with Gasteiger partial charge in [-0.05, 0) is 19.9 Å². The SMILES string of the molecule is COC(=O)CCN(C)C1CCOC2(CCOC2)C1. The summed E-state index contributed by atoms with van der Waals surface area (Å²) >= 11 is 0. The lowest BCUT2D eigenvalue weighted by Crippen LogP contribution is -2.48. The predicted molar refractivity (Wildman–Crippen MR) is 66.4 cm³/mol. The van der Waals surface area contributed by atoms with Crippen molar-refractivity contribution in [2.24, 2.45) is 0 Å². The van der Waals surface area contributed by atoms with Crippen LogP contribution in [0.3, 0.4) is 0 Å². The molecule has 104 valence electrons. The zero-order valence-electron chi connectivity index (χ0n) is 11.3. The van der Waals surface area contributed by atoms with Crippen LogP contribution in [-0.2, 0) is 19.0 Å². The van der Waals surface area contributed by atoms with Gasteiger partial charge in [0.1, 0.15) is 0 Å². The molecule has 18 heavy (non-hydrogen) atoms. The molecule has 2 atom stereocenters. The Morgan fingerprint density at radius 3 is 3.00 bits per heavy atom. The van der Waals surface area contributed by atoms with Crippen LogP contribution in [0.4, 0.5) is 0 Å². The monoisotopic (exact) mass is 257 g/mol. The molecule has 0 aromatic carbocycles. The van der Waals surface area contributed by atoms with E-state index in [0.29, 0.717) is 19.1 Å². The Bertz CT molecular complexity index is 289. The number of rotatable bonds is 4. The summed E-state index contributed by atoms with van der Waals surface area (Å²) in [6.07, 6.45) is 3.48. The quantitative estimate of drug-likeness (QED) is 0.698. The fourth-order valence-corrected chi connectivity index (χ4v) is 2.79. The maximum atomic E-state index is 11.2. The van der Waals surface area contributed by atoms with E-state index >= 15 is 0 Å². The molecule has 5 nitrogen and oxygen atoms in total. The van der Waals surface area contributed by atoms with Gasteiger partial charge in [-0.15, -0.1) is 0 Å².